The number of thiazole rings is 1. The van der Waals surface area contributed by atoms with Gasteiger partial charge in [0.1, 0.15) is 5.82 Å². The van der Waals surface area contributed by atoms with E-state index in [9.17, 15) is 9.18 Å². The Morgan fingerprint density at radius 1 is 1.53 bits per heavy atom. The maximum Gasteiger partial charge on any atom is 0.357 e. The highest BCUT2D eigenvalue weighted by Gasteiger charge is 2.16. The van der Waals surface area contributed by atoms with E-state index in [0.717, 1.165) is 4.47 Å². The van der Waals surface area contributed by atoms with Crippen LogP contribution in [0.4, 0.5) is 15.2 Å². The van der Waals surface area contributed by atoms with Gasteiger partial charge in [-0.2, -0.15) is 0 Å². The third kappa shape index (κ3) is 3.10. The van der Waals surface area contributed by atoms with Crippen molar-refractivity contribution in [2.75, 3.05) is 12.4 Å². The smallest absolute Gasteiger partial charge is 0.357 e. The molecular formula is C12H10BrFN2O2S. The van der Waals surface area contributed by atoms with Crippen LogP contribution in [-0.2, 0) is 4.74 Å². The molecule has 0 aliphatic rings. The summed E-state index contributed by atoms with van der Waals surface area (Å²) in [5, 5.41) is 3.29. The molecule has 0 aliphatic carbocycles. The molecule has 1 heterocycles. The van der Waals surface area contributed by atoms with E-state index in [0.29, 0.717) is 15.7 Å². The Kier molecular flexibility index (Phi) is 4.16. The van der Waals surface area contributed by atoms with E-state index in [-0.39, 0.29) is 5.69 Å². The topological polar surface area (TPSA) is 51.2 Å². The zero-order chi connectivity index (χ0) is 14.0. The number of aromatic nitrogens is 1. The van der Waals surface area contributed by atoms with E-state index >= 15 is 0 Å². The van der Waals surface area contributed by atoms with Crippen molar-refractivity contribution in [2.24, 2.45) is 0 Å². The van der Waals surface area contributed by atoms with Gasteiger partial charge in [-0.05, 0) is 25.1 Å². The summed E-state index contributed by atoms with van der Waals surface area (Å²) < 4.78 is 19.0. The number of carbonyl (C=O) groups excluding carboxylic acids is 1. The van der Waals surface area contributed by atoms with Crippen molar-refractivity contribution in [3.05, 3.63) is 39.1 Å². The molecule has 0 spiro atoms. The second kappa shape index (κ2) is 5.66. The summed E-state index contributed by atoms with van der Waals surface area (Å²) in [6.45, 7) is 1.76. The van der Waals surface area contributed by atoms with Gasteiger partial charge in [0.25, 0.3) is 0 Å². The minimum absolute atomic E-state index is 0.241. The molecule has 7 heteroatoms. The van der Waals surface area contributed by atoms with E-state index in [1.807, 2.05) is 0 Å². The summed E-state index contributed by atoms with van der Waals surface area (Å²) in [4.78, 5) is 16.2. The predicted molar refractivity (Wildman–Crippen MR) is 75.6 cm³/mol. The van der Waals surface area contributed by atoms with Crippen molar-refractivity contribution < 1.29 is 13.9 Å². The molecule has 2 aromatic rings. The van der Waals surface area contributed by atoms with Crippen LogP contribution >= 0.6 is 27.3 Å². The summed E-state index contributed by atoms with van der Waals surface area (Å²) >= 11 is 4.53. The first kappa shape index (κ1) is 14.0. The number of anilines is 2. The molecular weight excluding hydrogens is 335 g/mol. The van der Waals surface area contributed by atoms with Crippen LogP contribution in [0.2, 0.25) is 0 Å². The number of rotatable bonds is 3. The van der Waals surface area contributed by atoms with Crippen molar-refractivity contribution in [3.63, 3.8) is 0 Å². The average Bonchev–Trinajstić information content (AvgIpc) is 2.74. The summed E-state index contributed by atoms with van der Waals surface area (Å²) in [6.07, 6.45) is 0. The summed E-state index contributed by atoms with van der Waals surface area (Å²) in [7, 11) is 1.29. The Balaban J connectivity index is 2.29. The highest BCUT2D eigenvalue weighted by molar-refractivity contribution is 9.10. The van der Waals surface area contributed by atoms with Gasteiger partial charge in [0.2, 0.25) is 0 Å². The molecule has 100 valence electrons. The Morgan fingerprint density at radius 2 is 2.26 bits per heavy atom. The number of benzene rings is 1. The molecule has 0 saturated carbocycles. The molecule has 0 amide bonds. The third-order valence-corrected chi connectivity index (χ3v) is 3.72. The third-order valence-electron chi connectivity index (χ3n) is 2.35. The number of ether oxygens (including phenoxy) is 1. The SMILES string of the molecule is COC(=O)c1nc(Nc2cc(Br)ccc2F)sc1C. The van der Waals surface area contributed by atoms with E-state index in [4.69, 9.17) is 0 Å². The number of carbonyl (C=O) groups is 1. The molecule has 1 aromatic carbocycles. The fourth-order valence-corrected chi connectivity index (χ4v) is 2.62. The van der Waals surface area contributed by atoms with Gasteiger partial charge in [-0.3, -0.25) is 0 Å². The standard InChI is InChI=1S/C12H10BrFN2O2S/c1-6-10(11(17)18-2)16-12(19-6)15-9-5-7(13)3-4-8(9)14/h3-5H,1-2H3,(H,15,16). The number of halogens is 2. The van der Waals surface area contributed by atoms with Crippen LogP contribution in [0.15, 0.2) is 22.7 Å². The summed E-state index contributed by atoms with van der Waals surface area (Å²) in [5.41, 5.74) is 0.532. The highest BCUT2D eigenvalue weighted by Crippen LogP contribution is 2.28. The maximum atomic E-state index is 13.6. The van der Waals surface area contributed by atoms with Crippen LogP contribution in [0, 0.1) is 12.7 Å². The number of nitrogens with zero attached hydrogens (tertiary/aromatic N) is 1. The largest absolute Gasteiger partial charge is 0.464 e. The molecule has 0 fully saturated rings. The lowest BCUT2D eigenvalue weighted by Gasteiger charge is -2.04. The number of esters is 1. The van der Waals surface area contributed by atoms with Crippen molar-refractivity contribution >= 4 is 44.1 Å². The van der Waals surface area contributed by atoms with Crippen LogP contribution in [0.3, 0.4) is 0 Å². The zero-order valence-electron chi connectivity index (χ0n) is 10.2. The number of hydrogen-bond acceptors (Lipinski definition) is 5. The first-order valence-electron chi connectivity index (χ1n) is 5.29. The monoisotopic (exact) mass is 344 g/mol. The van der Waals surface area contributed by atoms with Gasteiger partial charge in [0, 0.05) is 9.35 Å². The van der Waals surface area contributed by atoms with E-state index < -0.39 is 11.8 Å². The van der Waals surface area contributed by atoms with Crippen molar-refractivity contribution in [1.29, 1.82) is 0 Å². The molecule has 0 radical (unpaired) electrons. The first-order valence-corrected chi connectivity index (χ1v) is 6.90. The lowest BCUT2D eigenvalue weighted by Crippen LogP contribution is -2.03. The Bertz CT molecular complexity index is 630. The molecule has 0 saturated heterocycles. The van der Waals surface area contributed by atoms with Crippen molar-refractivity contribution in [1.82, 2.24) is 4.98 Å². The lowest BCUT2D eigenvalue weighted by molar-refractivity contribution is 0.0594. The fraction of sp³-hybridized carbons (Fsp3) is 0.167. The molecule has 0 atom stereocenters. The van der Waals surface area contributed by atoms with E-state index in [1.165, 1.54) is 24.5 Å². The molecule has 19 heavy (non-hydrogen) atoms. The Morgan fingerprint density at radius 3 is 2.95 bits per heavy atom. The first-order chi connectivity index (χ1) is 9.01. The second-order valence-electron chi connectivity index (χ2n) is 3.66. The van der Waals surface area contributed by atoms with Crippen LogP contribution in [0.1, 0.15) is 15.4 Å². The van der Waals surface area contributed by atoms with Gasteiger partial charge in [0.05, 0.1) is 12.8 Å². The fourth-order valence-electron chi connectivity index (χ4n) is 1.44. The number of methoxy groups -OCH3 is 1. The van der Waals surface area contributed by atoms with Crippen LogP contribution in [0.5, 0.6) is 0 Å². The van der Waals surface area contributed by atoms with Gasteiger partial charge < -0.3 is 10.1 Å². The van der Waals surface area contributed by atoms with Crippen LogP contribution < -0.4 is 5.32 Å². The Labute approximate surface area is 121 Å². The predicted octanol–water partition coefficient (Wildman–Crippen LogP) is 3.88. The Hall–Kier alpha value is -1.47. The zero-order valence-corrected chi connectivity index (χ0v) is 12.6. The van der Waals surface area contributed by atoms with Gasteiger partial charge in [0.15, 0.2) is 10.8 Å². The maximum absolute atomic E-state index is 13.6. The number of aryl methyl sites for hydroxylation is 1. The van der Waals surface area contributed by atoms with E-state index in [2.05, 4.69) is 31.0 Å². The molecule has 0 bridgehead atoms. The van der Waals surface area contributed by atoms with Crippen LogP contribution in [0.25, 0.3) is 0 Å². The van der Waals surface area contributed by atoms with E-state index in [1.54, 1.807) is 19.1 Å². The summed E-state index contributed by atoms with van der Waals surface area (Å²) in [5.74, 6) is -0.896. The molecule has 2 rings (SSSR count). The minimum atomic E-state index is -0.503. The summed E-state index contributed by atoms with van der Waals surface area (Å²) in [6, 6.07) is 4.55. The molecule has 1 N–H and O–H groups in total. The van der Waals surface area contributed by atoms with Gasteiger partial charge in [-0.25, -0.2) is 14.2 Å². The van der Waals surface area contributed by atoms with Gasteiger partial charge in [-0.15, -0.1) is 11.3 Å². The average molecular weight is 345 g/mol. The molecule has 4 nitrogen and oxygen atoms in total. The van der Waals surface area contributed by atoms with Gasteiger partial charge in [-0.1, -0.05) is 15.9 Å². The lowest BCUT2D eigenvalue weighted by atomic mass is 10.3. The normalized spacial score (nSPS) is 10.3. The highest BCUT2D eigenvalue weighted by atomic mass is 79.9. The number of hydrogen-bond donors (Lipinski definition) is 1. The quantitative estimate of drug-likeness (QED) is 0.858. The van der Waals surface area contributed by atoms with Crippen molar-refractivity contribution in [3.8, 4) is 0 Å². The van der Waals surface area contributed by atoms with Gasteiger partial charge >= 0.3 is 5.97 Å². The van der Waals surface area contributed by atoms with Crippen molar-refractivity contribution in [2.45, 2.75) is 6.92 Å². The molecule has 1 aromatic heterocycles. The minimum Gasteiger partial charge on any atom is -0.464 e. The molecule has 0 aliphatic heterocycles. The number of nitrogens with one attached hydrogen (secondary N) is 1. The second-order valence-corrected chi connectivity index (χ2v) is 5.78. The van der Waals surface area contributed by atoms with Crippen LogP contribution in [-0.4, -0.2) is 18.1 Å². The molecule has 0 unspecified atom stereocenters.